The minimum absolute atomic E-state index is 0.0475. The fourth-order valence-electron chi connectivity index (χ4n) is 1.65. The minimum Gasteiger partial charge on any atom is -0.481 e. The number of hydrogen-bond acceptors (Lipinski definition) is 1. The van der Waals surface area contributed by atoms with E-state index in [1.807, 2.05) is 0 Å². The topological polar surface area (TPSA) is 37.3 Å². The predicted molar refractivity (Wildman–Crippen MR) is 56.1 cm³/mol. The molecular weight excluding hydrogens is 214 g/mol. The molecule has 0 spiro atoms. The van der Waals surface area contributed by atoms with Gasteiger partial charge in [0.2, 0.25) is 0 Å². The molecule has 0 bridgehead atoms. The molecule has 4 heteroatoms. The summed E-state index contributed by atoms with van der Waals surface area (Å²) >= 11 is 0. The molecule has 0 amide bonds. The molecule has 0 fully saturated rings. The van der Waals surface area contributed by atoms with Crippen LogP contribution in [0.1, 0.15) is 25.8 Å². The SMILES string of the molecule is CC(C)(CC(=O)O)Cc1c(F)cccc1F. The van der Waals surface area contributed by atoms with Gasteiger partial charge < -0.3 is 5.11 Å². The molecule has 0 aliphatic carbocycles. The van der Waals surface area contributed by atoms with Crippen LogP contribution >= 0.6 is 0 Å². The first-order valence-corrected chi connectivity index (χ1v) is 4.96. The summed E-state index contributed by atoms with van der Waals surface area (Å²) in [5.41, 5.74) is -0.719. The molecule has 1 aromatic carbocycles. The summed E-state index contributed by atoms with van der Waals surface area (Å²) in [6.07, 6.45) is -0.0570. The number of halogens is 2. The molecule has 1 aromatic rings. The van der Waals surface area contributed by atoms with E-state index in [4.69, 9.17) is 5.11 Å². The maximum Gasteiger partial charge on any atom is 0.303 e. The zero-order valence-electron chi connectivity index (χ0n) is 9.26. The third-order valence-electron chi connectivity index (χ3n) is 2.35. The Kier molecular flexibility index (Phi) is 3.62. The third kappa shape index (κ3) is 3.29. The van der Waals surface area contributed by atoms with Gasteiger partial charge in [0.1, 0.15) is 11.6 Å². The van der Waals surface area contributed by atoms with Gasteiger partial charge in [0, 0.05) is 5.56 Å². The van der Waals surface area contributed by atoms with Crippen molar-refractivity contribution in [3.8, 4) is 0 Å². The molecule has 16 heavy (non-hydrogen) atoms. The summed E-state index contributed by atoms with van der Waals surface area (Å²) in [4.78, 5) is 10.6. The number of hydrogen-bond donors (Lipinski definition) is 1. The largest absolute Gasteiger partial charge is 0.481 e. The standard InChI is InChI=1S/C12H14F2O2/c1-12(2,7-11(15)16)6-8-9(13)4-3-5-10(8)14/h3-5H,6-7H2,1-2H3,(H,15,16). The molecule has 0 radical (unpaired) electrons. The van der Waals surface area contributed by atoms with E-state index in [0.29, 0.717) is 0 Å². The molecule has 0 aliphatic heterocycles. The van der Waals surface area contributed by atoms with Gasteiger partial charge >= 0.3 is 5.97 Å². The number of carboxylic acids is 1. The lowest BCUT2D eigenvalue weighted by atomic mass is 9.82. The highest BCUT2D eigenvalue weighted by atomic mass is 19.1. The van der Waals surface area contributed by atoms with Gasteiger partial charge in [0.15, 0.2) is 0 Å². The second-order valence-electron chi connectivity index (χ2n) is 4.61. The normalized spacial score (nSPS) is 11.5. The lowest BCUT2D eigenvalue weighted by Crippen LogP contribution is -2.21. The fourth-order valence-corrected chi connectivity index (χ4v) is 1.65. The number of benzene rings is 1. The van der Waals surface area contributed by atoms with E-state index in [0.717, 1.165) is 0 Å². The van der Waals surface area contributed by atoms with Gasteiger partial charge in [-0.2, -0.15) is 0 Å². The second-order valence-corrected chi connectivity index (χ2v) is 4.61. The van der Waals surface area contributed by atoms with Gasteiger partial charge in [0.25, 0.3) is 0 Å². The van der Waals surface area contributed by atoms with Gasteiger partial charge in [-0.3, -0.25) is 4.79 Å². The lowest BCUT2D eigenvalue weighted by molar-refractivity contribution is -0.139. The Bertz CT molecular complexity index is 380. The third-order valence-corrected chi connectivity index (χ3v) is 2.35. The molecule has 0 saturated carbocycles. The highest BCUT2D eigenvalue weighted by Crippen LogP contribution is 2.28. The molecule has 2 nitrogen and oxygen atoms in total. The zero-order valence-corrected chi connectivity index (χ0v) is 9.26. The Hall–Kier alpha value is -1.45. The Balaban J connectivity index is 2.91. The number of carbonyl (C=O) groups is 1. The van der Waals surface area contributed by atoms with Crippen LogP contribution in [-0.2, 0) is 11.2 Å². The van der Waals surface area contributed by atoms with E-state index in [1.54, 1.807) is 13.8 Å². The summed E-state index contributed by atoms with van der Waals surface area (Å²) in [5, 5.41) is 8.68. The number of aliphatic carboxylic acids is 1. The van der Waals surface area contributed by atoms with Crippen molar-refractivity contribution in [1.82, 2.24) is 0 Å². The van der Waals surface area contributed by atoms with Gasteiger partial charge in [-0.25, -0.2) is 8.78 Å². The molecule has 0 unspecified atom stereocenters. The van der Waals surface area contributed by atoms with Crippen LogP contribution in [0.4, 0.5) is 8.78 Å². The van der Waals surface area contributed by atoms with Crippen molar-refractivity contribution in [2.24, 2.45) is 5.41 Å². The van der Waals surface area contributed by atoms with Gasteiger partial charge in [-0.05, 0) is 24.0 Å². The van der Waals surface area contributed by atoms with Crippen LogP contribution in [0, 0.1) is 17.0 Å². The van der Waals surface area contributed by atoms with E-state index in [9.17, 15) is 13.6 Å². The van der Waals surface area contributed by atoms with Crippen LogP contribution < -0.4 is 0 Å². The summed E-state index contributed by atoms with van der Waals surface area (Å²) in [6.45, 7) is 3.35. The molecule has 0 heterocycles. The maximum atomic E-state index is 13.3. The molecule has 0 aliphatic rings. The molecule has 1 rings (SSSR count). The first-order valence-electron chi connectivity index (χ1n) is 4.96. The predicted octanol–water partition coefficient (Wildman–Crippen LogP) is 3.01. The maximum absolute atomic E-state index is 13.3. The van der Waals surface area contributed by atoms with Crippen molar-refractivity contribution in [2.75, 3.05) is 0 Å². The van der Waals surface area contributed by atoms with Crippen LogP contribution in [0.2, 0.25) is 0 Å². The number of carboxylic acid groups (broad SMARTS) is 1. The van der Waals surface area contributed by atoms with Crippen LogP contribution in [0.25, 0.3) is 0 Å². The van der Waals surface area contributed by atoms with Crippen molar-refractivity contribution >= 4 is 5.97 Å². The van der Waals surface area contributed by atoms with Gasteiger partial charge in [0.05, 0.1) is 6.42 Å². The zero-order chi connectivity index (χ0) is 12.3. The highest BCUT2D eigenvalue weighted by molar-refractivity contribution is 5.67. The summed E-state index contributed by atoms with van der Waals surface area (Å²) in [6, 6.07) is 3.64. The van der Waals surface area contributed by atoms with Crippen LogP contribution in [0.15, 0.2) is 18.2 Å². The van der Waals surface area contributed by atoms with Gasteiger partial charge in [-0.1, -0.05) is 19.9 Å². The Labute approximate surface area is 92.9 Å². The summed E-state index contributed by atoms with van der Waals surface area (Å²) in [5.74, 6) is -2.22. The minimum atomic E-state index is -0.971. The van der Waals surface area contributed by atoms with Crippen LogP contribution in [0.5, 0.6) is 0 Å². The average Bonchev–Trinajstić information content (AvgIpc) is 2.09. The Morgan fingerprint density at radius 3 is 2.25 bits per heavy atom. The average molecular weight is 228 g/mol. The van der Waals surface area contributed by atoms with Crippen molar-refractivity contribution in [1.29, 1.82) is 0 Å². The van der Waals surface area contributed by atoms with E-state index in [-0.39, 0.29) is 18.4 Å². The Morgan fingerprint density at radius 2 is 1.81 bits per heavy atom. The molecular formula is C12H14F2O2. The smallest absolute Gasteiger partial charge is 0.303 e. The molecule has 0 saturated heterocycles. The molecule has 1 N–H and O–H groups in total. The van der Waals surface area contributed by atoms with E-state index in [1.165, 1.54) is 18.2 Å². The first-order chi connectivity index (χ1) is 7.32. The number of rotatable bonds is 4. The van der Waals surface area contributed by atoms with E-state index >= 15 is 0 Å². The monoisotopic (exact) mass is 228 g/mol. The lowest BCUT2D eigenvalue weighted by Gasteiger charge is -2.22. The summed E-state index contributed by atoms with van der Waals surface area (Å²) < 4.78 is 26.7. The van der Waals surface area contributed by atoms with Crippen LogP contribution in [0.3, 0.4) is 0 Å². The van der Waals surface area contributed by atoms with Gasteiger partial charge in [-0.15, -0.1) is 0 Å². The van der Waals surface area contributed by atoms with Crippen LogP contribution in [-0.4, -0.2) is 11.1 Å². The van der Waals surface area contributed by atoms with Crippen molar-refractivity contribution in [3.05, 3.63) is 35.4 Å². The van der Waals surface area contributed by atoms with Crippen molar-refractivity contribution in [3.63, 3.8) is 0 Å². The first kappa shape index (κ1) is 12.6. The highest BCUT2D eigenvalue weighted by Gasteiger charge is 2.25. The van der Waals surface area contributed by atoms with E-state index in [2.05, 4.69) is 0 Å². The molecule has 0 atom stereocenters. The Morgan fingerprint density at radius 1 is 1.31 bits per heavy atom. The second kappa shape index (κ2) is 4.60. The fraction of sp³-hybridized carbons (Fsp3) is 0.417. The molecule has 88 valence electrons. The van der Waals surface area contributed by atoms with Crippen molar-refractivity contribution in [2.45, 2.75) is 26.7 Å². The van der Waals surface area contributed by atoms with Crippen molar-refractivity contribution < 1.29 is 18.7 Å². The quantitative estimate of drug-likeness (QED) is 0.860. The molecule has 0 aromatic heterocycles. The van der Waals surface area contributed by atoms with E-state index < -0.39 is 23.0 Å². The summed E-state index contributed by atoms with van der Waals surface area (Å²) in [7, 11) is 0.